The molecule has 3 heterocycles. The van der Waals surface area contributed by atoms with Gasteiger partial charge in [-0.3, -0.25) is 4.90 Å². The van der Waals surface area contributed by atoms with Crippen LogP contribution >= 0.6 is 11.3 Å². The molecule has 5 heteroatoms. The van der Waals surface area contributed by atoms with Crippen molar-refractivity contribution in [3.63, 3.8) is 0 Å². The average molecular weight is 779 g/mol. The summed E-state index contributed by atoms with van der Waals surface area (Å²) >= 11 is 1.97. The monoisotopic (exact) mass is 778 g/mol. The second-order valence-electron chi connectivity index (χ2n) is 17.6. The summed E-state index contributed by atoms with van der Waals surface area (Å²) in [4.78, 5) is 15.4. The molecule has 58 heavy (non-hydrogen) atoms. The van der Waals surface area contributed by atoms with Crippen LogP contribution in [0.2, 0.25) is 0 Å². The lowest BCUT2D eigenvalue weighted by atomic mass is 9.79. The van der Waals surface area contributed by atoms with Gasteiger partial charge in [0, 0.05) is 26.8 Å². The number of nitrogens with one attached hydrogen (secondary N) is 1. The van der Waals surface area contributed by atoms with Gasteiger partial charge in [-0.2, -0.15) is 0 Å². The first-order valence-corrected chi connectivity index (χ1v) is 23.0. The molecule has 11 rings (SSSR count). The van der Waals surface area contributed by atoms with Crippen LogP contribution in [0.4, 0.5) is 0 Å². The predicted molar refractivity (Wildman–Crippen MR) is 245 cm³/mol. The second kappa shape index (κ2) is 15.4. The Bertz CT molecular complexity index is 2510. The van der Waals surface area contributed by atoms with Gasteiger partial charge in [-0.15, -0.1) is 11.3 Å². The van der Waals surface area contributed by atoms with Gasteiger partial charge in [0.05, 0.1) is 11.9 Å². The Labute approximate surface area is 348 Å². The van der Waals surface area contributed by atoms with E-state index >= 15 is 0 Å². The number of allylic oxidation sites excluding steroid dienone is 11. The van der Waals surface area contributed by atoms with Crippen molar-refractivity contribution >= 4 is 50.6 Å². The zero-order valence-corrected chi connectivity index (χ0v) is 34.6. The van der Waals surface area contributed by atoms with Crippen molar-refractivity contribution in [1.29, 1.82) is 0 Å². The molecule has 6 aliphatic carbocycles. The molecule has 2 aromatic carbocycles. The first kappa shape index (κ1) is 36.3. The summed E-state index contributed by atoms with van der Waals surface area (Å²) in [6, 6.07) is 20.5. The largest absolute Gasteiger partial charge is 0.353 e. The molecule has 4 aromatic rings. The summed E-state index contributed by atoms with van der Waals surface area (Å²) in [5.74, 6) is 2.13. The minimum Gasteiger partial charge on any atom is -0.353 e. The topological polar surface area (TPSA) is 40.5 Å². The number of nitrogens with zero attached hydrogens (tertiary/aromatic N) is 3. The molecular weight excluding hydrogens is 725 g/mol. The molecule has 0 radical (unpaired) electrons. The third-order valence-electron chi connectivity index (χ3n) is 14.2. The number of aromatic nitrogens is 1. The standard InChI is InChI=1S/C53H54N4S/c1-57-52(36-21-10-4-11-22-36)55-51(56-53(57)37-23-12-5-13-24-37)50-42(29-31-44(54-50)35-19-8-3-9-20-35)40-27-16-28-45-48(40)49-46(58-45)32-30-41-43(33-34-17-6-2-7-18-34)38-25-14-15-26-39(38)47(41)49/h2,4,6-7,10,14-19,21,25,28-33,37,39-40,52-53H,3,5,8-9,11-13,20,22-24,26-27H2,1H3,(H,55,56)/b43-33-/t39-,40?,52?,53?/m0/s1. The van der Waals surface area contributed by atoms with Crippen molar-refractivity contribution in [3.05, 3.63) is 158 Å². The maximum atomic E-state index is 5.75. The number of amidine groups is 1. The molecule has 2 aromatic heterocycles. The van der Waals surface area contributed by atoms with Gasteiger partial charge in [-0.25, -0.2) is 9.98 Å². The number of thiophene rings is 1. The molecule has 1 saturated carbocycles. The smallest absolute Gasteiger partial charge is 0.150 e. The van der Waals surface area contributed by atoms with E-state index in [2.05, 4.69) is 133 Å². The van der Waals surface area contributed by atoms with Gasteiger partial charge < -0.3 is 5.32 Å². The molecule has 1 aliphatic heterocycles. The van der Waals surface area contributed by atoms with Gasteiger partial charge in [0.2, 0.25) is 0 Å². The van der Waals surface area contributed by atoms with Gasteiger partial charge in [0.25, 0.3) is 0 Å². The van der Waals surface area contributed by atoms with Crippen LogP contribution in [0.25, 0.3) is 33.4 Å². The normalized spacial score (nSPS) is 26.4. The number of likely N-dealkylation sites (N-methyl/N-ethyl adjacent to an activating group) is 1. The van der Waals surface area contributed by atoms with Crippen LogP contribution in [0.15, 0.2) is 119 Å². The van der Waals surface area contributed by atoms with Crippen LogP contribution in [0, 0.1) is 5.92 Å². The number of hydrogen-bond donors (Lipinski definition) is 1. The molecule has 0 amide bonds. The van der Waals surface area contributed by atoms with E-state index in [-0.39, 0.29) is 18.2 Å². The zero-order chi connectivity index (χ0) is 38.6. The number of hydrogen-bond acceptors (Lipinski definition) is 5. The first-order chi connectivity index (χ1) is 28.7. The molecule has 0 saturated heterocycles. The Hall–Kier alpha value is -4.84. The Morgan fingerprint density at radius 3 is 2.53 bits per heavy atom. The van der Waals surface area contributed by atoms with Crippen LogP contribution in [-0.4, -0.2) is 35.1 Å². The van der Waals surface area contributed by atoms with E-state index in [0.29, 0.717) is 11.8 Å². The molecular formula is C53H54N4S. The van der Waals surface area contributed by atoms with Crippen LogP contribution in [0.1, 0.15) is 139 Å². The Balaban J connectivity index is 1.10. The quantitative estimate of drug-likeness (QED) is 0.212. The number of benzene rings is 2. The van der Waals surface area contributed by atoms with Crippen molar-refractivity contribution in [2.75, 3.05) is 7.05 Å². The molecule has 0 spiro atoms. The summed E-state index contributed by atoms with van der Waals surface area (Å²) in [7, 11) is 2.31. The van der Waals surface area contributed by atoms with Crippen molar-refractivity contribution in [1.82, 2.24) is 15.2 Å². The highest BCUT2D eigenvalue weighted by Crippen LogP contribution is 2.56. The second-order valence-corrected chi connectivity index (χ2v) is 18.7. The fraction of sp³-hybridized carbons (Fsp3) is 0.358. The third kappa shape index (κ3) is 6.37. The summed E-state index contributed by atoms with van der Waals surface area (Å²) in [6.07, 6.45) is 39.3. The summed E-state index contributed by atoms with van der Waals surface area (Å²) in [6.45, 7) is 0. The molecule has 4 nitrogen and oxygen atoms in total. The van der Waals surface area contributed by atoms with Gasteiger partial charge in [0.15, 0.2) is 5.84 Å². The number of aliphatic imine (C=N–C) groups is 1. The maximum Gasteiger partial charge on any atom is 0.150 e. The van der Waals surface area contributed by atoms with Crippen molar-refractivity contribution in [2.45, 2.75) is 108 Å². The summed E-state index contributed by atoms with van der Waals surface area (Å²) < 4.78 is 1.40. The lowest BCUT2D eigenvalue weighted by Crippen LogP contribution is -2.59. The molecule has 7 aliphatic rings. The van der Waals surface area contributed by atoms with Gasteiger partial charge in [-0.1, -0.05) is 110 Å². The van der Waals surface area contributed by atoms with Crippen molar-refractivity contribution in [2.24, 2.45) is 10.9 Å². The molecule has 3 unspecified atom stereocenters. The third-order valence-corrected chi connectivity index (χ3v) is 15.3. The van der Waals surface area contributed by atoms with E-state index in [1.165, 1.54) is 110 Å². The maximum absolute atomic E-state index is 5.75. The molecule has 292 valence electrons. The average Bonchev–Trinajstić information content (AvgIpc) is 3.83. The van der Waals surface area contributed by atoms with Gasteiger partial charge in [-0.05, 0) is 152 Å². The SMILES string of the molecule is CN1C(C2=CC=CCC2)N=C(c2nc(C3=CCCCC3)ccc2C2CC=Cc3sc4ccc5c(c4c32)[C@H]2CC=CC=C2/C5=C/c2ccccc2)NC1C1CCCCC1. The molecule has 4 atom stereocenters. The summed E-state index contributed by atoms with van der Waals surface area (Å²) in [5.41, 5.74) is 14.9. The van der Waals surface area contributed by atoms with E-state index in [4.69, 9.17) is 9.98 Å². The van der Waals surface area contributed by atoms with Crippen LogP contribution in [0.5, 0.6) is 0 Å². The van der Waals surface area contributed by atoms with E-state index in [0.717, 1.165) is 55.7 Å². The van der Waals surface area contributed by atoms with Gasteiger partial charge in [0.1, 0.15) is 11.9 Å². The number of rotatable bonds is 6. The molecule has 1 N–H and O–H groups in total. The number of fused-ring (bicyclic) bond motifs is 7. The van der Waals surface area contributed by atoms with Crippen molar-refractivity contribution in [3.8, 4) is 0 Å². The predicted octanol–water partition coefficient (Wildman–Crippen LogP) is 13.1. The Morgan fingerprint density at radius 2 is 1.69 bits per heavy atom. The van der Waals surface area contributed by atoms with Crippen LogP contribution in [0.3, 0.4) is 0 Å². The Morgan fingerprint density at radius 1 is 0.810 bits per heavy atom. The molecule has 0 bridgehead atoms. The molecule has 1 fully saturated rings. The fourth-order valence-corrected chi connectivity index (χ4v) is 12.5. The zero-order valence-electron chi connectivity index (χ0n) is 33.8. The minimum atomic E-state index is 0.00627. The van der Waals surface area contributed by atoms with Gasteiger partial charge >= 0.3 is 0 Å². The van der Waals surface area contributed by atoms with E-state index in [1.807, 2.05) is 11.3 Å². The lowest BCUT2D eigenvalue weighted by molar-refractivity contribution is 0.0951. The number of pyridine rings is 1. The van der Waals surface area contributed by atoms with E-state index < -0.39 is 0 Å². The highest BCUT2D eigenvalue weighted by Gasteiger charge is 2.40. The lowest BCUT2D eigenvalue weighted by Gasteiger charge is -2.45. The van der Waals surface area contributed by atoms with E-state index in [1.54, 1.807) is 0 Å². The minimum absolute atomic E-state index is 0.00627. The van der Waals surface area contributed by atoms with Crippen LogP contribution < -0.4 is 5.32 Å². The highest BCUT2D eigenvalue weighted by atomic mass is 32.1. The fourth-order valence-electron chi connectivity index (χ4n) is 11.3. The van der Waals surface area contributed by atoms with Crippen molar-refractivity contribution < 1.29 is 0 Å². The van der Waals surface area contributed by atoms with Crippen LogP contribution in [-0.2, 0) is 0 Å². The van der Waals surface area contributed by atoms with E-state index in [9.17, 15) is 0 Å². The summed E-state index contributed by atoms with van der Waals surface area (Å²) in [5, 5.41) is 5.62. The highest BCUT2D eigenvalue weighted by molar-refractivity contribution is 7.20. The first-order valence-electron chi connectivity index (χ1n) is 22.2. The Kier molecular flexibility index (Phi) is 9.63.